The van der Waals surface area contributed by atoms with Gasteiger partial charge in [-0.05, 0) is 12.1 Å². The van der Waals surface area contributed by atoms with Gasteiger partial charge in [-0.2, -0.15) is 5.10 Å². The van der Waals surface area contributed by atoms with Gasteiger partial charge >= 0.3 is 0 Å². The van der Waals surface area contributed by atoms with Crippen molar-refractivity contribution in [2.75, 3.05) is 0 Å². The van der Waals surface area contributed by atoms with Crippen LogP contribution in [-0.4, -0.2) is 15.2 Å². The van der Waals surface area contributed by atoms with Crippen molar-refractivity contribution in [3.05, 3.63) is 30.6 Å². The van der Waals surface area contributed by atoms with Crippen molar-refractivity contribution < 1.29 is 22.4 Å². The first-order valence-corrected chi connectivity index (χ1v) is 3.96. The van der Waals surface area contributed by atoms with Crippen LogP contribution in [0.4, 0.5) is 0 Å². The number of aromatic nitrogens is 3. The van der Waals surface area contributed by atoms with Gasteiger partial charge in [-0.1, -0.05) is 12.1 Å². The molecular formula is C8H7AgN3S. The summed E-state index contributed by atoms with van der Waals surface area (Å²) < 4.78 is 0. The molecule has 0 atom stereocenters. The van der Waals surface area contributed by atoms with Crippen molar-refractivity contribution in [2.24, 2.45) is 0 Å². The van der Waals surface area contributed by atoms with Gasteiger partial charge in [0.15, 0.2) is 5.82 Å². The van der Waals surface area contributed by atoms with Gasteiger partial charge in [-0.25, -0.2) is 4.98 Å². The van der Waals surface area contributed by atoms with Crippen LogP contribution in [0.25, 0.3) is 11.4 Å². The number of H-pyrrole nitrogens is 1. The molecule has 1 radical (unpaired) electrons. The summed E-state index contributed by atoms with van der Waals surface area (Å²) in [6, 6.07) is 7.71. The van der Waals surface area contributed by atoms with E-state index in [1.165, 1.54) is 0 Å². The van der Waals surface area contributed by atoms with Gasteiger partial charge in [0.05, 0.1) is 0 Å². The predicted molar refractivity (Wildman–Crippen MR) is 49.1 cm³/mol. The third-order valence-corrected chi connectivity index (χ3v) is 1.80. The molecule has 3 nitrogen and oxygen atoms in total. The van der Waals surface area contributed by atoms with E-state index >= 15 is 0 Å². The predicted octanol–water partition coefficient (Wildman–Crippen LogP) is 1.76. The molecule has 71 valence electrons. The molecule has 0 saturated carbocycles. The van der Waals surface area contributed by atoms with Gasteiger partial charge in [0.2, 0.25) is 0 Å². The molecule has 0 unspecified atom stereocenters. The topological polar surface area (TPSA) is 41.6 Å². The van der Waals surface area contributed by atoms with Crippen LogP contribution in [0.15, 0.2) is 35.5 Å². The van der Waals surface area contributed by atoms with E-state index in [-0.39, 0.29) is 22.4 Å². The normalized spacial score (nSPS) is 9.31. The van der Waals surface area contributed by atoms with Crippen molar-refractivity contribution in [3.8, 4) is 11.4 Å². The number of hydrogen-bond donors (Lipinski definition) is 2. The number of thiol groups is 1. The molecule has 0 spiro atoms. The van der Waals surface area contributed by atoms with E-state index in [2.05, 4.69) is 27.8 Å². The number of nitrogens with one attached hydrogen (secondary N) is 1. The van der Waals surface area contributed by atoms with Crippen LogP contribution in [0.3, 0.4) is 0 Å². The maximum absolute atomic E-state index is 4.22. The summed E-state index contributed by atoms with van der Waals surface area (Å²) in [5.41, 5.74) is 0.976. The van der Waals surface area contributed by atoms with E-state index in [9.17, 15) is 0 Å². The number of nitrogens with zero attached hydrogens (tertiary/aromatic N) is 2. The number of rotatable bonds is 1. The Morgan fingerprint density at radius 2 is 2.15 bits per heavy atom. The molecule has 1 aromatic carbocycles. The molecule has 0 fully saturated rings. The monoisotopic (exact) mass is 284 g/mol. The zero-order valence-electron chi connectivity index (χ0n) is 6.53. The number of benzene rings is 1. The van der Waals surface area contributed by atoms with Crippen LogP contribution in [-0.2, 0) is 22.4 Å². The fourth-order valence-electron chi connectivity index (χ4n) is 0.993. The fraction of sp³-hybridized carbons (Fsp3) is 0. The Bertz CT molecular complexity index is 375. The third kappa shape index (κ3) is 2.45. The van der Waals surface area contributed by atoms with Crippen LogP contribution in [0.2, 0.25) is 0 Å². The van der Waals surface area contributed by atoms with Crippen LogP contribution in [0, 0.1) is 0 Å². The summed E-state index contributed by atoms with van der Waals surface area (Å²) in [4.78, 5) is 4.94. The van der Waals surface area contributed by atoms with Crippen LogP contribution in [0.1, 0.15) is 0 Å². The van der Waals surface area contributed by atoms with Gasteiger partial charge in [0.1, 0.15) is 6.33 Å². The summed E-state index contributed by atoms with van der Waals surface area (Å²) in [5.74, 6) is 0.700. The summed E-state index contributed by atoms with van der Waals surface area (Å²) in [5, 5.41) is 6.62. The van der Waals surface area contributed by atoms with Gasteiger partial charge in [0.25, 0.3) is 0 Å². The second-order valence-electron chi connectivity index (χ2n) is 2.37. The summed E-state index contributed by atoms with van der Waals surface area (Å²) in [6.45, 7) is 0. The minimum Gasteiger partial charge on any atom is -0.265 e. The first-order chi connectivity index (χ1) is 5.86. The molecular weight excluding hydrogens is 278 g/mol. The number of hydrogen-bond acceptors (Lipinski definition) is 3. The maximum atomic E-state index is 4.22. The molecule has 0 bridgehead atoms. The Morgan fingerprint density at radius 1 is 1.31 bits per heavy atom. The van der Waals surface area contributed by atoms with E-state index in [4.69, 9.17) is 0 Å². The molecule has 2 aromatic rings. The third-order valence-electron chi connectivity index (χ3n) is 1.52. The quantitative estimate of drug-likeness (QED) is 0.619. The van der Waals surface area contributed by atoms with Crippen molar-refractivity contribution in [2.45, 2.75) is 4.90 Å². The molecule has 0 aliphatic carbocycles. The molecule has 1 heterocycles. The Morgan fingerprint density at radius 3 is 2.77 bits per heavy atom. The van der Waals surface area contributed by atoms with E-state index < -0.39 is 0 Å². The second-order valence-corrected chi connectivity index (χ2v) is 2.89. The molecule has 1 aromatic heterocycles. The standard InChI is InChI=1S/C8H7N3S.Ag/c12-7-3-1-2-6(4-7)8-9-5-10-11-8;/h1-5,12H,(H,9,10,11);. The van der Waals surface area contributed by atoms with Gasteiger partial charge in [0, 0.05) is 32.8 Å². The Kier molecular flexibility index (Phi) is 3.74. The zero-order valence-corrected chi connectivity index (χ0v) is 8.91. The average Bonchev–Trinajstić information content (AvgIpc) is 2.56. The van der Waals surface area contributed by atoms with Crippen LogP contribution >= 0.6 is 12.6 Å². The number of aromatic amines is 1. The smallest absolute Gasteiger partial charge is 0.180 e. The van der Waals surface area contributed by atoms with Crippen molar-refractivity contribution in [1.29, 1.82) is 0 Å². The van der Waals surface area contributed by atoms with E-state index in [1.54, 1.807) is 6.33 Å². The molecule has 1 N–H and O–H groups in total. The van der Waals surface area contributed by atoms with E-state index in [0.29, 0.717) is 5.82 Å². The van der Waals surface area contributed by atoms with Crippen LogP contribution in [0.5, 0.6) is 0 Å². The summed E-state index contributed by atoms with van der Waals surface area (Å²) in [6.07, 6.45) is 1.56. The van der Waals surface area contributed by atoms with Gasteiger partial charge in [-0.3, -0.25) is 5.10 Å². The Hall–Kier alpha value is -0.550. The van der Waals surface area contributed by atoms with E-state index in [0.717, 1.165) is 10.5 Å². The second kappa shape index (κ2) is 4.62. The minimum absolute atomic E-state index is 0. The molecule has 0 aliphatic rings. The summed E-state index contributed by atoms with van der Waals surface area (Å²) in [7, 11) is 0. The van der Waals surface area contributed by atoms with Crippen molar-refractivity contribution in [3.63, 3.8) is 0 Å². The Labute approximate surface area is 96.9 Å². The molecule has 0 amide bonds. The fourth-order valence-corrected chi connectivity index (χ4v) is 1.22. The van der Waals surface area contributed by atoms with Gasteiger partial charge in [-0.15, -0.1) is 12.6 Å². The molecule has 0 aliphatic heterocycles. The summed E-state index contributed by atoms with van der Waals surface area (Å²) >= 11 is 4.22. The average molecular weight is 285 g/mol. The largest absolute Gasteiger partial charge is 0.265 e. The van der Waals surface area contributed by atoms with Crippen molar-refractivity contribution >= 4 is 12.6 Å². The van der Waals surface area contributed by atoms with Crippen molar-refractivity contribution in [1.82, 2.24) is 15.2 Å². The minimum atomic E-state index is 0. The first-order valence-electron chi connectivity index (χ1n) is 3.51. The van der Waals surface area contributed by atoms with E-state index in [1.807, 2.05) is 24.3 Å². The molecule has 2 rings (SSSR count). The zero-order chi connectivity index (χ0) is 8.39. The first kappa shape index (κ1) is 10.5. The van der Waals surface area contributed by atoms with Crippen LogP contribution < -0.4 is 0 Å². The SMILES string of the molecule is Sc1cccc(-c2nc[nH]n2)c1.[Ag]. The maximum Gasteiger partial charge on any atom is 0.180 e. The van der Waals surface area contributed by atoms with Gasteiger partial charge < -0.3 is 0 Å². The Balaban J connectivity index is 0.000000845. The molecule has 5 heteroatoms. The molecule has 13 heavy (non-hydrogen) atoms. The molecule has 0 saturated heterocycles.